The molecule has 0 saturated carbocycles. The van der Waals surface area contributed by atoms with Crippen LogP contribution in [0.3, 0.4) is 0 Å². The number of nitrogens with zero attached hydrogens (tertiary/aromatic N) is 2. The Morgan fingerprint density at radius 1 is 1.29 bits per heavy atom. The fourth-order valence-corrected chi connectivity index (χ4v) is 1.64. The van der Waals surface area contributed by atoms with Crippen molar-refractivity contribution >= 4 is 5.69 Å². The molecular formula is C12H18N2O3. The molecule has 0 bridgehead atoms. The van der Waals surface area contributed by atoms with Crippen molar-refractivity contribution in [3.63, 3.8) is 0 Å². The smallest absolute Gasteiger partial charge is 0.269 e. The summed E-state index contributed by atoms with van der Waals surface area (Å²) >= 11 is 0. The first-order chi connectivity index (χ1) is 8.17. The van der Waals surface area contributed by atoms with Gasteiger partial charge in [0.1, 0.15) is 0 Å². The van der Waals surface area contributed by atoms with Crippen molar-refractivity contribution in [2.24, 2.45) is 0 Å². The predicted molar refractivity (Wildman–Crippen MR) is 66.0 cm³/mol. The maximum absolute atomic E-state index is 10.5. The van der Waals surface area contributed by atoms with Gasteiger partial charge in [-0.05, 0) is 18.5 Å². The van der Waals surface area contributed by atoms with Gasteiger partial charge in [-0.15, -0.1) is 0 Å². The normalized spacial score (nSPS) is 10.8. The third kappa shape index (κ3) is 4.50. The fraction of sp³-hybridized carbons (Fsp3) is 0.500. The van der Waals surface area contributed by atoms with Crippen molar-refractivity contribution in [3.05, 3.63) is 39.9 Å². The summed E-state index contributed by atoms with van der Waals surface area (Å²) in [5.41, 5.74) is 1.20. The Hall–Kier alpha value is -1.46. The lowest BCUT2D eigenvalue weighted by atomic mass is 10.1. The van der Waals surface area contributed by atoms with Crippen molar-refractivity contribution in [1.29, 1.82) is 0 Å². The second-order valence-electron chi connectivity index (χ2n) is 3.83. The van der Waals surface area contributed by atoms with Crippen LogP contribution in [0.1, 0.15) is 12.5 Å². The topological polar surface area (TPSA) is 66.6 Å². The Bertz CT molecular complexity index is 351. The van der Waals surface area contributed by atoms with Gasteiger partial charge in [-0.1, -0.05) is 19.1 Å². The molecule has 0 fully saturated rings. The molecule has 0 aromatic heterocycles. The van der Waals surface area contributed by atoms with E-state index in [1.165, 1.54) is 12.1 Å². The molecule has 0 aliphatic carbocycles. The molecule has 94 valence electrons. The first-order valence-corrected chi connectivity index (χ1v) is 5.74. The number of aliphatic hydroxyl groups excluding tert-OH is 1. The Morgan fingerprint density at radius 2 is 1.94 bits per heavy atom. The maximum Gasteiger partial charge on any atom is 0.269 e. The Kier molecular flexibility index (Phi) is 5.59. The molecular weight excluding hydrogens is 220 g/mol. The third-order valence-electron chi connectivity index (χ3n) is 2.73. The van der Waals surface area contributed by atoms with Crippen LogP contribution in [0.2, 0.25) is 0 Å². The largest absolute Gasteiger partial charge is 0.395 e. The van der Waals surface area contributed by atoms with Crippen molar-refractivity contribution in [1.82, 2.24) is 4.90 Å². The van der Waals surface area contributed by atoms with Gasteiger partial charge in [-0.2, -0.15) is 0 Å². The molecule has 0 saturated heterocycles. The lowest BCUT2D eigenvalue weighted by Gasteiger charge is -2.18. The number of hydrogen-bond acceptors (Lipinski definition) is 4. The van der Waals surface area contributed by atoms with Crippen LogP contribution in [0.25, 0.3) is 0 Å². The van der Waals surface area contributed by atoms with Crippen LogP contribution in [-0.4, -0.2) is 41.2 Å². The number of non-ortho nitro benzene ring substituents is 1. The number of nitro groups is 1. The zero-order valence-electron chi connectivity index (χ0n) is 10.0. The van der Waals surface area contributed by atoms with Gasteiger partial charge < -0.3 is 10.0 Å². The monoisotopic (exact) mass is 238 g/mol. The van der Waals surface area contributed by atoms with Gasteiger partial charge in [0.2, 0.25) is 0 Å². The van der Waals surface area contributed by atoms with Gasteiger partial charge in [0, 0.05) is 25.2 Å². The average Bonchev–Trinajstić information content (AvgIpc) is 2.35. The van der Waals surface area contributed by atoms with E-state index >= 15 is 0 Å². The second-order valence-corrected chi connectivity index (χ2v) is 3.83. The molecule has 1 rings (SSSR count). The molecule has 1 aromatic carbocycles. The number of likely N-dealkylation sites (N-methyl/N-ethyl adjacent to an activating group) is 1. The van der Waals surface area contributed by atoms with E-state index in [0.717, 1.165) is 25.1 Å². The van der Waals surface area contributed by atoms with Crippen molar-refractivity contribution in [2.45, 2.75) is 13.3 Å². The van der Waals surface area contributed by atoms with E-state index in [0.29, 0.717) is 6.54 Å². The first kappa shape index (κ1) is 13.6. The number of hydrogen-bond donors (Lipinski definition) is 1. The van der Waals surface area contributed by atoms with Gasteiger partial charge in [0.15, 0.2) is 0 Å². The molecule has 0 heterocycles. The molecule has 5 heteroatoms. The summed E-state index contributed by atoms with van der Waals surface area (Å²) < 4.78 is 0. The molecule has 1 aromatic rings. The zero-order chi connectivity index (χ0) is 12.7. The van der Waals surface area contributed by atoms with E-state index in [9.17, 15) is 10.1 Å². The molecule has 0 atom stereocenters. The summed E-state index contributed by atoms with van der Waals surface area (Å²) in [6, 6.07) is 6.62. The maximum atomic E-state index is 10.5. The third-order valence-corrected chi connectivity index (χ3v) is 2.73. The summed E-state index contributed by atoms with van der Waals surface area (Å²) in [5.74, 6) is 0. The van der Waals surface area contributed by atoms with Crippen LogP contribution in [-0.2, 0) is 6.42 Å². The summed E-state index contributed by atoms with van der Waals surface area (Å²) in [5, 5.41) is 19.3. The number of nitro benzene ring substituents is 1. The highest BCUT2D eigenvalue weighted by Gasteiger charge is 2.05. The van der Waals surface area contributed by atoms with Crippen molar-refractivity contribution < 1.29 is 10.0 Å². The highest BCUT2D eigenvalue weighted by molar-refractivity contribution is 5.32. The summed E-state index contributed by atoms with van der Waals surface area (Å²) in [6.07, 6.45) is 0.839. The molecule has 0 radical (unpaired) electrons. The van der Waals surface area contributed by atoms with Crippen LogP contribution in [0, 0.1) is 10.1 Å². The zero-order valence-corrected chi connectivity index (χ0v) is 10.0. The van der Waals surface area contributed by atoms with Crippen LogP contribution in [0.15, 0.2) is 24.3 Å². The quantitative estimate of drug-likeness (QED) is 0.576. The lowest BCUT2D eigenvalue weighted by Crippen LogP contribution is -2.28. The van der Waals surface area contributed by atoms with Gasteiger partial charge in [-0.25, -0.2) is 0 Å². The van der Waals surface area contributed by atoms with Crippen molar-refractivity contribution in [3.8, 4) is 0 Å². The average molecular weight is 238 g/mol. The minimum atomic E-state index is -0.395. The number of benzene rings is 1. The second kappa shape index (κ2) is 6.98. The molecule has 0 amide bonds. The van der Waals surface area contributed by atoms with E-state index in [1.807, 2.05) is 6.92 Å². The molecule has 0 unspecified atom stereocenters. The minimum absolute atomic E-state index is 0.122. The highest BCUT2D eigenvalue weighted by Crippen LogP contribution is 2.12. The Labute approximate surface area is 101 Å². The van der Waals surface area contributed by atoms with Gasteiger partial charge in [0.05, 0.1) is 11.5 Å². The van der Waals surface area contributed by atoms with E-state index in [2.05, 4.69) is 4.90 Å². The Morgan fingerprint density at radius 3 is 2.41 bits per heavy atom. The molecule has 0 aliphatic heterocycles. The molecule has 0 aliphatic rings. The lowest BCUT2D eigenvalue weighted by molar-refractivity contribution is -0.384. The van der Waals surface area contributed by atoms with Gasteiger partial charge >= 0.3 is 0 Å². The molecule has 17 heavy (non-hydrogen) atoms. The van der Waals surface area contributed by atoms with Crippen LogP contribution >= 0.6 is 0 Å². The van der Waals surface area contributed by atoms with E-state index < -0.39 is 4.92 Å². The highest BCUT2D eigenvalue weighted by atomic mass is 16.6. The van der Waals surface area contributed by atoms with Crippen molar-refractivity contribution in [2.75, 3.05) is 26.2 Å². The molecule has 5 nitrogen and oxygen atoms in total. The van der Waals surface area contributed by atoms with Crippen LogP contribution < -0.4 is 0 Å². The SMILES string of the molecule is CCN(CCO)CCc1ccc([N+](=O)[O-])cc1. The minimum Gasteiger partial charge on any atom is -0.395 e. The summed E-state index contributed by atoms with van der Waals surface area (Å²) in [4.78, 5) is 12.2. The van der Waals surface area contributed by atoms with Crippen LogP contribution in [0.4, 0.5) is 5.69 Å². The number of rotatable bonds is 7. The standard InChI is InChI=1S/C12H18N2O3/c1-2-13(9-10-15)8-7-11-3-5-12(6-4-11)14(16)17/h3-6,15H,2,7-10H2,1H3. The van der Waals surface area contributed by atoms with Crippen LogP contribution in [0.5, 0.6) is 0 Å². The van der Waals surface area contributed by atoms with Gasteiger partial charge in [0.25, 0.3) is 5.69 Å². The molecule has 0 spiro atoms. The van der Waals surface area contributed by atoms with E-state index in [-0.39, 0.29) is 12.3 Å². The molecule has 1 N–H and O–H groups in total. The number of aliphatic hydroxyl groups is 1. The summed E-state index contributed by atoms with van der Waals surface area (Å²) in [7, 11) is 0. The van der Waals surface area contributed by atoms with E-state index in [4.69, 9.17) is 5.11 Å². The fourth-order valence-electron chi connectivity index (χ4n) is 1.64. The van der Waals surface area contributed by atoms with E-state index in [1.54, 1.807) is 12.1 Å². The van der Waals surface area contributed by atoms with Gasteiger partial charge in [-0.3, -0.25) is 10.1 Å². The predicted octanol–water partition coefficient (Wildman–Crippen LogP) is 1.45. The first-order valence-electron chi connectivity index (χ1n) is 5.74. The Balaban J connectivity index is 2.48. The summed E-state index contributed by atoms with van der Waals surface area (Å²) in [6.45, 7) is 4.63.